The van der Waals surface area contributed by atoms with E-state index in [1.165, 1.54) is 11.3 Å². The summed E-state index contributed by atoms with van der Waals surface area (Å²) in [6.07, 6.45) is 4.46. The van der Waals surface area contributed by atoms with Crippen LogP contribution in [0.1, 0.15) is 43.6 Å². The van der Waals surface area contributed by atoms with Crippen molar-refractivity contribution in [2.24, 2.45) is 0 Å². The summed E-state index contributed by atoms with van der Waals surface area (Å²) in [5.74, 6) is -0.0908. The molecule has 1 N–H and O–H groups in total. The van der Waals surface area contributed by atoms with Gasteiger partial charge in [-0.2, -0.15) is 0 Å². The van der Waals surface area contributed by atoms with Crippen LogP contribution >= 0.6 is 0 Å². The molecule has 1 amide bonds. The van der Waals surface area contributed by atoms with Crippen LogP contribution in [0.5, 0.6) is 0 Å². The first-order chi connectivity index (χ1) is 10.8. The predicted molar refractivity (Wildman–Crippen MR) is 93.2 cm³/mol. The Morgan fingerprint density at radius 1 is 1.26 bits per heavy atom. The fraction of sp³-hybridized carbons (Fsp3) is 0.368. The molecule has 1 atom stereocenters. The second-order valence-corrected chi connectivity index (χ2v) is 7.19. The number of pyridine rings is 1. The zero-order valence-electron chi connectivity index (χ0n) is 14.1. The Bertz CT molecular complexity index is 733. The molecule has 2 heterocycles. The Balaban J connectivity index is 1.93. The second kappa shape index (κ2) is 5.69. The van der Waals surface area contributed by atoms with E-state index in [0.29, 0.717) is 11.6 Å². The number of carbonyl (C=O) groups is 1. The molecule has 3 rings (SSSR count). The third kappa shape index (κ3) is 3.21. The number of nitrogens with one attached hydrogen (secondary N) is 1. The molecule has 4 nitrogen and oxygen atoms in total. The lowest BCUT2D eigenvalue weighted by Gasteiger charge is -2.25. The Kier molecular flexibility index (Phi) is 3.84. The molecular formula is C19H23N3O. The zero-order valence-corrected chi connectivity index (χ0v) is 14.1. The van der Waals surface area contributed by atoms with Gasteiger partial charge in [0.1, 0.15) is 0 Å². The Labute approximate surface area is 137 Å². The van der Waals surface area contributed by atoms with Gasteiger partial charge in [0.25, 0.3) is 5.91 Å². The van der Waals surface area contributed by atoms with E-state index < -0.39 is 0 Å². The van der Waals surface area contributed by atoms with E-state index in [4.69, 9.17) is 0 Å². The minimum Gasteiger partial charge on any atom is -0.347 e. The van der Waals surface area contributed by atoms with Gasteiger partial charge in [0.15, 0.2) is 0 Å². The highest BCUT2D eigenvalue weighted by atomic mass is 16.1. The Morgan fingerprint density at radius 2 is 2.00 bits per heavy atom. The van der Waals surface area contributed by atoms with Crippen LogP contribution in [0.4, 0.5) is 11.4 Å². The van der Waals surface area contributed by atoms with Gasteiger partial charge < -0.3 is 10.2 Å². The predicted octanol–water partition coefficient (Wildman–Crippen LogP) is 3.69. The number of hydrogen-bond donors (Lipinski definition) is 1. The molecule has 0 spiro atoms. The van der Waals surface area contributed by atoms with Gasteiger partial charge in [-0.1, -0.05) is 18.2 Å². The van der Waals surface area contributed by atoms with Crippen molar-refractivity contribution in [3.8, 4) is 0 Å². The maximum Gasteiger partial charge on any atom is 0.253 e. The second-order valence-electron chi connectivity index (χ2n) is 7.19. The van der Waals surface area contributed by atoms with Crippen molar-refractivity contribution in [1.82, 2.24) is 10.3 Å². The first-order valence-corrected chi connectivity index (χ1v) is 8.00. The topological polar surface area (TPSA) is 45.2 Å². The van der Waals surface area contributed by atoms with Gasteiger partial charge >= 0.3 is 0 Å². The molecular weight excluding hydrogens is 286 g/mol. The lowest BCUT2D eigenvalue weighted by atomic mass is 10.1. The summed E-state index contributed by atoms with van der Waals surface area (Å²) in [6, 6.07) is 10.7. The minimum atomic E-state index is -0.263. The summed E-state index contributed by atoms with van der Waals surface area (Å²) in [7, 11) is 0. The highest BCUT2D eigenvalue weighted by Gasteiger charge is 2.27. The third-order valence-electron chi connectivity index (χ3n) is 3.96. The van der Waals surface area contributed by atoms with Gasteiger partial charge in [-0.3, -0.25) is 9.78 Å². The summed E-state index contributed by atoms with van der Waals surface area (Å²) in [4.78, 5) is 18.9. The number of rotatable bonds is 2. The number of nitrogens with zero attached hydrogens (tertiary/aromatic N) is 2. The van der Waals surface area contributed by atoms with Gasteiger partial charge in [-0.05, 0) is 51.8 Å². The van der Waals surface area contributed by atoms with Crippen LogP contribution in [0, 0.1) is 0 Å². The van der Waals surface area contributed by atoms with Crippen LogP contribution in [0.2, 0.25) is 0 Å². The molecule has 0 saturated carbocycles. The number of hydrogen-bond acceptors (Lipinski definition) is 3. The standard InChI is InChI=1S/C19H23N3O/c1-13-9-14-7-5-6-8-17(14)22(13)16-10-15(11-20-12-16)18(23)21-19(2,3)4/h5-8,10-13H,9H2,1-4H3,(H,21,23). The average Bonchev–Trinajstić information content (AvgIpc) is 2.81. The van der Waals surface area contributed by atoms with E-state index in [1.807, 2.05) is 39.1 Å². The summed E-state index contributed by atoms with van der Waals surface area (Å²) in [5, 5.41) is 2.99. The van der Waals surface area contributed by atoms with Crippen molar-refractivity contribution in [3.63, 3.8) is 0 Å². The number of aromatic nitrogens is 1. The molecule has 1 aliphatic rings. The van der Waals surface area contributed by atoms with Gasteiger partial charge in [-0.15, -0.1) is 0 Å². The van der Waals surface area contributed by atoms with E-state index in [0.717, 1.165) is 12.1 Å². The number of carbonyl (C=O) groups excluding carboxylic acids is 1. The average molecular weight is 309 g/mol. The van der Waals surface area contributed by atoms with Crippen molar-refractivity contribution in [3.05, 3.63) is 53.9 Å². The number of amides is 1. The largest absolute Gasteiger partial charge is 0.347 e. The van der Waals surface area contributed by atoms with Gasteiger partial charge in [0, 0.05) is 23.5 Å². The summed E-state index contributed by atoms with van der Waals surface area (Å²) in [6.45, 7) is 8.12. The molecule has 0 bridgehead atoms. The monoisotopic (exact) mass is 309 g/mol. The smallest absolute Gasteiger partial charge is 0.253 e. The van der Waals surface area contributed by atoms with Crippen molar-refractivity contribution < 1.29 is 4.79 Å². The first kappa shape index (κ1) is 15.5. The molecule has 1 unspecified atom stereocenters. The van der Waals surface area contributed by atoms with Crippen LogP contribution in [0.15, 0.2) is 42.7 Å². The number of fused-ring (bicyclic) bond motifs is 1. The molecule has 0 fully saturated rings. The summed E-state index contributed by atoms with van der Waals surface area (Å²) >= 11 is 0. The number of para-hydroxylation sites is 1. The fourth-order valence-electron chi connectivity index (χ4n) is 3.06. The molecule has 4 heteroatoms. The van der Waals surface area contributed by atoms with Crippen LogP contribution in [0.25, 0.3) is 0 Å². The van der Waals surface area contributed by atoms with Crippen molar-refractivity contribution in [2.45, 2.75) is 45.7 Å². The molecule has 23 heavy (non-hydrogen) atoms. The quantitative estimate of drug-likeness (QED) is 0.920. The molecule has 1 aromatic carbocycles. The lowest BCUT2D eigenvalue weighted by molar-refractivity contribution is 0.0919. The summed E-state index contributed by atoms with van der Waals surface area (Å²) in [5.41, 5.74) is 3.83. The molecule has 1 aliphatic heterocycles. The molecule has 0 radical (unpaired) electrons. The molecule has 120 valence electrons. The zero-order chi connectivity index (χ0) is 16.6. The van der Waals surface area contributed by atoms with Crippen LogP contribution in [0.3, 0.4) is 0 Å². The highest BCUT2D eigenvalue weighted by Crippen LogP contribution is 2.37. The van der Waals surface area contributed by atoms with Gasteiger partial charge in [0.2, 0.25) is 0 Å². The van der Waals surface area contributed by atoms with Gasteiger partial charge in [-0.25, -0.2) is 0 Å². The van der Waals surface area contributed by atoms with E-state index in [2.05, 4.69) is 40.3 Å². The van der Waals surface area contributed by atoms with E-state index >= 15 is 0 Å². The molecule has 0 saturated heterocycles. The van der Waals surface area contributed by atoms with E-state index in [-0.39, 0.29) is 11.4 Å². The minimum absolute atomic E-state index is 0.0908. The molecule has 0 aliphatic carbocycles. The van der Waals surface area contributed by atoms with E-state index in [9.17, 15) is 4.79 Å². The summed E-state index contributed by atoms with van der Waals surface area (Å²) < 4.78 is 0. The first-order valence-electron chi connectivity index (χ1n) is 8.00. The maximum atomic E-state index is 12.4. The Hall–Kier alpha value is -2.36. The van der Waals surface area contributed by atoms with Crippen molar-refractivity contribution in [1.29, 1.82) is 0 Å². The van der Waals surface area contributed by atoms with Crippen molar-refractivity contribution in [2.75, 3.05) is 4.90 Å². The van der Waals surface area contributed by atoms with E-state index in [1.54, 1.807) is 6.20 Å². The SMILES string of the molecule is CC1Cc2ccccc2N1c1cncc(C(=O)NC(C)(C)C)c1. The van der Waals surface area contributed by atoms with Crippen LogP contribution in [-0.4, -0.2) is 22.5 Å². The maximum absolute atomic E-state index is 12.4. The normalized spacial score (nSPS) is 17.0. The number of anilines is 2. The van der Waals surface area contributed by atoms with Gasteiger partial charge in [0.05, 0.1) is 17.4 Å². The third-order valence-corrected chi connectivity index (χ3v) is 3.96. The van der Waals surface area contributed by atoms with Crippen LogP contribution < -0.4 is 10.2 Å². The molecule has 2 aromatic rings. The lowest BCUT2D eigenvalue weighted by Crippen LogP contribution is -2.40. The Morgan fingerprint density at radius 3 is 2.74 bits per heavy atom. The fourth-order valence-corrected chi connectivity index (χ4v) is 3.06. The molecule has 1 aromatic heterocycles. The number of benzene rings is 1. The highest BCUT2D eigenvalue weighted by molar-refractivity contribution is 5.95. The van der Waals surface area contributed by atoms with Crippen LogP contribution in [-0.2, 0) is 6.42 Å². The van der Waals surface area contributed by atoms with Crippen molar-refractivity contribution >= 4 is 17.3 Å².